The van der Waals surface area contributed by atoms with Crippen molar-refractivity contribution in [2.75, 3.05) is 21.3 Å². The summed E-state index contributed by atoms with van der Waals surface area (Å²) >= 11 is 0. The largest absolute Gasteiger partial charge is 0.497 e. The van der Waals surface area contributed by atoms with Gasteiger partial charge in [0.25, 0.3) is 0 Å². The zero-order chi connectivity index (χ0) is 16.5. The molecule has 130 valence electrons. The van der Waals surface area contributed by atoms with Gasteiger partial charge >= 0.3 is 0 Å². The molecule has 2 N–H and O–H groups in total. The van der Waals surface area contributed by atoms with Gasteiger partial charge in [0.1, 0.15) is 5.75 Å². The summed E-state index contributed by atoms with van der Waals surface area (Å²) < 4.78 is 10.5. The van der Waals surface area contributed by atoms with Crippen molar-refractivity contribution in [2.24, 2.45) is 4.99 Å². The number of aromatic nitrogens is 1. The molecule has 0 saturated heterocycles. The molecule has 1 heterocycles. The smallest absolute Gasteiger partial charge is 0.218 e. The molecule has 24 heavy (non-hydrogen) atoms. The number of hydrogen-bond acceptors (Lipinski definition) is 4. The van der Waals surface area contributed by atoms with Crippen LogP contribution >= 0.6 is 24.0 Å². The fourth-order valence-corrected chi connectivity index (χ4v) is 2.11. The van der Waals surface area contributed by atoms with Crippen LogP contribution in [0.4, 0.5) is 0 Å². The summed E-state index contributed by atoms with van der Waals surface area (Å²) in [6.45, 7) is 1.23. The van der Waals surface area contributed by atoms with Crippen molar-refractivity contribution in [3.8, 4) is 11.6 Å². The molecule has 0 atom stereocenters. The van der Waals surface area contributed by atoms with Crippen molar-refractivity contribution in [1.82, 2.24) is 15.6 Å². The highest BCUT2D eigenvalue weighted by Crippen LogP contribution is 2.13. The summed E-state index contributed by atoms with van der Waals surface area (Å²) in [6, 6.07) is 11.8. The maximum absolute atomic E-state index is 5.24. The first-order valence-electron chi connectivity index (χ1n) is 7.32. The van der Waals surface area contributed by atoms with Gasteiger partial charge < -0.3 is 20.1 Å². The zero-order valence-electron chi connectivity index (χ0n) is 14.1. The molecule has 1 aromatic carbocycles. The normalized spacial score (nSPS) is 10.5. The number of rotatable bonds is 6. The van der Waals surface area contributed by atoms with Gasteiger partial charge in [0, 0.05) is 31.9 Å². The standard InChI is InChI=1S/C17H22N4O2.HI/c1-18-17(20-11-13-6-4-8-15(10-13)22-2)21-12-14-7-5-9-19-16(14)23-3;/h4-10H,11-12H2,1-3H3,(H2,18,20,21);1H. The molecule has 6 nitrogen and oxygen atoms in total. The van der Waals surface area contributed by atoms with Crippen LogP contribution in [-0.4, -0.2) is 32.2 Å². The molecule has 0 bridgehead atoms. The number of nitrogens with one attached hydrogen (secondary N) is 2. The van der Waals surface area contributed by atoms with Crippen LogP contribution in [0.15, 0.2) is 47.6 Å². The number of guanidine groups is 1. The first-order chi connectivity index (χ1) is 11.3. The van der Waals surface area contributed by atoms with Crippen LogP contribution in [0.3, 0.4) is 0 Å². The van der Waals surface area contributed by atoms with Crippen LogP contribution in [-0.2, 0) is 13.1 Å². The number of aliphatic imine (C=N–C) groups is 1. The highest BCUT2D eigenvalue weighted by atomic mass is 127. The van der Waals surface area contributed by atoms with Gasteiger partial charge in [-0.15, -0.1) is 24.0 Å². The van der Waals surface area contributed by atoms with Crippen LogP contribution in [0.5, 0.6) is 11.6 Å². The summed E-state index contributed by atoms with van der Waals surface area (Å²) in [6.07, 6.45) is 1.71. The third-order valence-corrected chi connectivity index (χ3v) is 3.31. The number of halogens is 1. The van der Waals surface area contributed by atoms with Gasteiger partial charge in [-0.1, -0.05) is 18.2 Å². The fourth-order valence-electron chi connectivity index (χ4n) is 2.11. The molecule has 1 aromatic heterocycles. The van der Waals surface area contributed by atoms with Gasteiger partial charge in [-0.3, -0.25) is 4.99 Å². The lowest BCUT2D eigenvalue weighted by Crippen LogP contribution is -2.36. The molecule has 2 rings (SSSR count). The van der Waals surface area contributed by atoms with E-state index in [1.165, 1.54) is 0 Å². The molecule has 0 aliphatic heterocycles. The summed E-state index contributed by atoms with van der Waals surface area (Å²) in [5.74, 6) is 2.16. The van der Waals surface area contributed by atoms with Gasteiger partial charge in [0.15, 0.2) is 5.96 Å². The van der Waals surface area contributed by atoms with Gasteiger partial charge in [-0.05, 0) is 23.8 Å². The van der Waals surface area contributed by atoms with Gasteiger partial charge in [0.2, 0.25) is 5.88 Å². The lowest BCUT2D eigenvalue weighted by molar-refractivity contribution is 0.392. The predicted octanol–water partition coefficient (Wildman–Crippen LogP) is 2.58. The summed E-state index contributed by atoms with van der Waals surface area (Å²) in [4.78, 5) is 8.40. The third-order valence-electron chi connectivity index (χ3n) is 3.31. The van der Waals surface area contributed by atoms with Gasteiger partial charge in [0.05, 0.1) is 14.2 Å². The molecular formula is C17H23IN4O2. The van der Waals surface area contributed by atoms with Gasteiger partial charge in [-0.25, -0.2) is 4.98 Å². The van der Waals surface area contributed by atoms with Crippen molar-refractivity contribution >= 4 is 29.9 Å². The Bertz CT molecular complexity index is 665. The molecule has 0 aliphatic rings. The monoisotopic (exact) mass is 442 g/mol. The maximum Gasteiger partial charge on any atom is 0.218 e. The van der Waals surface area contributed by atoms with E-state index in [1.807, 2.05) is 36.4 Å². The number of methoxy groups -OCH3 is 2. The van der Waals surface area contributed by atoms with Gasteiger partial charge in [-0.2, -0.15) is 0 Å². The number of pyridine rings is 1. The van der Waals surface area contributed by atoms with Crippen LogP contribution in [0.2, 0.25) is 0 Å². The molecule has 0 aliphatic carbocycles. The van der Waals surface area contributed by atoms with Crippen LogP contribution in [0.25, 0.3) is 0 Å². The molecule has 0 amide bonds. The minimum absolute atomic E-state index is 0. The van der Waals surface area contributed by atoms with E-state index in [-0.39, 0.29) is 24.0 Å². The van der Waals surface area contributed by atoms with Crippen molar-refractivity contribution in [3.05, 3.63) is 53.7 Å². The summed E-state index contributed by atoms with van der Waals surface area (Å²) in [7, 11) is 5.01. The Hall–Kier alpha value is -2.03. The molecule has 2 aromatic rings. The Balaban J connectivity index is 0.00000288. The number of nitrogens with zero attached hydrogens (tertiary/aromatic N) is 2. The second kappa shape index (κ2) is 10.7. The zero-order valence-corrected chi connectivity index (χ0v) is 16.4. The second-order valence-corrected chi connectivity index (χ2v) is 4.80. The molecule has 0 unspecified atom stereocenters. The van der Waals surface area contributed by atoms with E-state index in [1.54, 1.807) is 27.5 Å². The lowest BCUT2D eigenvalue weighted by atomic mass is 10.2. The number of ether oxygens (including phenoxy) is 2. The van der Waals surface area contributed by atoms with E-state index < -0.39 is 0 Å². The first kappa shape index (κ1) is 20.0. The molecule has 7 heteroatoms. The summed E-state index contributed by atoms with van der Waals surface area (Å²) in [5, 5.41) is 6.51. The number of benzene rings is 1. The van der Waals surface area contributed by atoms with Crippen molar-refractivity contribution in [2.45, 2.75) is 13.1 Å². The highest BCUT2D eigenvalue weighted by Gasteiger charge is 2.05. The van der Waals surface area contributed by atoms with Crippen molar-refractivity contribution < 1.29 is 9.47 Å². The Labute approximate surface area is 159 Å². The summed E-state index contributed by atoms with van der Waals surface area (Å²) in [5.41, 5.74) is 2.09. The van der Waals surface area contributed by atoms with E-state index in [0.29, 0.717) is 24.9 Å². The minimum atomic E-state index is 0. The Morgan fingerprint density at radius 2 is 1.88 bits per heavy atom. The number of hydrogen-bond donors (Lipinski definition) is 2. The Morgan fingerprint density at radius 1 is 1.08 bits per heavy atom. The molecule has 0 radical (unpaired) electrons. The van der Waals surface area contributed by atoms with Crippen LogP contribution < -0.4 is 20.1 Å². The van der Waals surface area contributed by atoms with E-state index in [2.05, 4.69) is 20.6 Å². The van der Waals surface area contributed by atoms with Crippen LogP contribution in [0, 0.1) is 0 Å². The lowest BCUT2D eigenvalue weighted by Gasteiger charge is -2.13. The topological polar surface area (TPSA) is 67.8 Å². The van der Waals surface area contributed by atoms with Crippen LogP contribution in [0.1, 0.15) is 11.1 Å². The van der Waals surface area contributed by atoms with E-state index >= 15 is 0 Å². The first-order valence-corrected chi connectivity index (χ1v) is 7.32. The maximum atomic E-state index is 5.24. The van der Waals surface area contributed by atoms with Crippen molar-refractivity contribution in [1.29, 1.82) is 0 Å². The average Bonchev–Trinajstić information content (AvgIpc) is 2.62. The van der Waals surface area contributed by atoms with Crippen molar-refractivity contribution in [3.63, 3.8) is 0 Å². The minimum Gasteiger partial charge on any atom is -0.497 e. The van der Waals surface area contributed by atoms with E-state index in [0.717, 1.165) is 16.9 Å². The predicted molar refractivity (Wildman–Crippen MR) is 106 cm³/mol. The highest BCUT2D eigenvalue weighted by molar-refractivity contribution is 14.0. The van der Waals surface area contributed by atoms with E-state index in [9.17, 15) is 0 Å². The molecule has 0 fully saturated rings. The Morgan fingerprint density at radius 3 is 2.58 bits per heavy atom. The molecular weight excluding hydrogens is 419 g/mol. The average molecular weight is 442 g/mol. The third kappa shape index (κ3) is 5.88. The quantitative estimate of drug-likeness (QED) is 0.409. The molecule has 0 spiro atoms. The SMILES string of the molecule is CN=C(NCc1cccc(OC)c1)NCc1cccnc1OC.I. The Kier molecular flexibility index (Phi) is 8.92. The second-order valence-electron chi connectivity index (χ2n) is 4.80. The van der Waals surface area contributed by atoms with E-state index in [4.69, 9.17) is 9.47 Å². The molecule has 0 saturated carbocycles. The fraction of sp³-hybridized carbons (Fsp3) is 0.294.